The molecule has 126 valence electrons. The van der Waals surface area contributed by atoms with Crippen LogP contribution in [-0.4, -0.2) is 42.8 Å². The van der Waals surface area contributed by atoms with Gasteiger partial charge >= 0.3 is 6.09 Å². The average Bonchev–Trinajstić information content (AvgIpc) is 2.34. The van der Waals surface area contributed by atoms with Gasteiger partial charge < -0.3 is 15.4 Å². The molecule has 0 aliphatic rings. The Labute approximate surface area is 135 Å². The zero-order valence-electron chi connectivity index (χ0n) is 14.8. The van der Waals surface area contributed by atoms with Crippen LogP contribution < -0.4 is 10.6 Å². The van der Waals surface area contributed by atoms with Crippen LogP contribution in [0.3, 0.4) is 0 Å². The third-order valence-electron chi connectivity index (χ3n) is 3.39. The maximum Gasteiger partial charge on any atom is 0.407 e. The smallest absolute Gasteiger partial charge is 0.407 e. The molecule has 0 saturated heterocycles. The Morgan fingerprint density at radius 3 is 2.29 bits per heavy atom. The molecule has 1 amide bonds. The highest BCUT2D eigenvalue weighted by atomic mass is 32.2. The summed E-state index contributed by atoms with van der Waals surface area (Å²) in [5.41, 5.74) is -0.441. The molecule has 0 spiro atoms. The molecule has 0 fully saturated rings. The van der Waals surface area contributed by atoms with Crippen molar-refractivity contribution >= 4 is 17.9 Å². The summed E-state index contributed by atoms with van der Waals surface area (Å²) in [5, 5.41) is 7.06. The van der Waals surface area contributed by atoms with Crippen molar-refractivity contribution < 1.29 is 9.53 Å². The van der Waals surface area contributed by atoms with E-state index >= 15 is 0 Å². The first-order valence-electron chi connectivity index (χ1n) is 7.86. The first kappa shape index (κ1) is 20.6. The van der Waals surface area contributed by atoms with E-state index in [1.807, 2.05) is 32.5 Å². The fourth-order valence-corrected chi connectivity index (χ4v) is 2.14. The van der Waals surface area contributed by atoms with E-state index in [1.165, 1.54) is 6.42 Å². The number of rotatable bonds is 9. The number of hydrogen-bond donors (Lipinski definition) is 2. The van der Waals surface area contributed by atoms with Crippen molar-refractivity contribution in [1.29, 1.82) is 0 Å². The highest BCUT2D eigenvalue weighted by Gasteiger charge is 2.18. The normalized spacial score (nSPS) is 14.9. The monoisotopic (exact) mass is 318 g/mol. The predicted octanol–water partition coefficient (Wildman–Crippen LogP) is 3.51. The molecule has 0 aromatic heterocycles. The molecule has 0 aliphatic carbocycles. The van der Waals surface area contributed by atoms with Crippen LogP contribution in [0.2, 0.25) is 0 Å². The van der Waals surface area contributed by atoms with Gasteiger partial charge in [-0.15, -0.1) is 0 Å². The second kappa shape index (κ2) is 10.3. The Morgan fingerprint density at radius 1 is 1.19 bits per heavy atom. The number of carbonyl (C=O) groups is 1. The standard InChI is InChI=1S/C16H34N2O2S/c1-12(2)14(10-17-9-8-13(3)21-7)11-18-15(19)20-16(4,5)6/h12-14,17H,8-11H2,1-7H3,(H,18,19). The topological polar surface area (TPSA) is 50.4 Å². The fourth-order valence-electron chi connectivity index (χ4n) is 1.78. The van der Waals surface area contributed by atoms with Gasteiger partial charge in [0.15, 0.2) is 0 Å². The lowest BCUT2D eigenvalue weighted by molar-refractivity contribution is 0.0515. The van der Waals surface area contributed by atoms with Crippen LogP contribution in [0.5, 0.6) is 0 Å². The van der Waals surface area contributed by atoms with E-state index in [0.29, 0.717) is 23.6 Å². The molecule has 2 unspecified atom stereocenters. The SMILES string of the molecule is CSC(C)CCNCC(CNC(=O)OC(C)(C)C)C(C)C. The van der Waals surface area contributed by atoms with Crippen molar-refractivity contribution in [2.45, 2.75) is 58.8 Å². The number of amides is 1. The lowest BCUT2D eigenvalue weighted by Gasteiger charge is -2.24. The number of thioether (sulfide) groups is 1. The average molecular weight is 319 g/mol. The minimum Gasteiger partial charge on any atom is -0.444 e. The largest absolute Gasteiger partial charge is 0.444 e. The summed E-state index contributed by atoms with van der Waals surface area (Å²) in [6.45, 7) is 14.9. The molecule has 2 N–H and O–H groups in total. The van der Waals surface area contributed by atoms with Crippen LogP contribution in [0, 0.1) is 11.8 Å². The molecular formula is C16H34N2O2S. The molecule has 2 atom stereocenters. The third kappa shape index (κ3) is 11.9. The molecule has 0 aromatic rings. The predicted molar refractivity (Wildman–Crippen MR) is 93.0 cm³/mol. The maximum atomic E-state index is 11.7. The molecular weight excluding hydrogens is 284 g/mol. The Bertz CT molecular complexity index is 290. The van der Waals surface area contributed by atoms with E-state index in [4.69, 9.17) is 4.74 Å². The first-order chi connectivity index (χ1) is 9.65. The highest BCUT2D eigenvalue weighted by Crippen LogP contribution is 2.11. The van der Waals surface area contributed by atoms with Crippen molar-refractivity contribution in [3.63, 3.8) is 0 Å². The summed E-state index contributed by atoms with van der Waals surface area (Å²) in [6.07, 6.45) is 2.99. The molecule has 0 heterocycles. The number of hydrogen-bond acceptors (Lipinski definition) is 4. The van der Waals surface area contributed by atoms with E-state index in [2.05, 4.69) is 37.7 Å². The van der Waals surface area contributed by atoms with Crippen LogP contribution >= 0.6 is 11.8 Å². The van der Waals surface area contributed by atoms with Crippen molar-refractivity contribution in [3.8, 4) is 0 Å². The lowest BCUT2D eigenvalue weighted by atomic mass is 9.96. The molecule has 0 aromatic carbocycles. The number of ether oxygens (including phenoxy) is 1. The Kier molecular flexibility index (Phi) is 10.1. The van der Waals surface area contributed by atoms with Gasteiger partial charge in [-0.05, 0) is 58.4 Å². The molecule has 0 aliphatic heterocycles. The quantitative estimate of drug-likeness (QED) is 0.639. The zero-order valence-corrected chi connectivity index (χ0v) is 15.6. The van der Waals surface area contributed by atoms with Gasteiger partial charge in [-0.2, -0.15) is 11.8 Å². The van der Waals surface area contributed by atoms with E-state index in [-0.39, 0.29) is 6.09 Å². The van der Waals surface area contributed by atoms with Gasteiger partial charge in [0.2, 0.25) is 0 Å². The summed E-state index contributed by atoms with van der Waals surface area (Å²) >= 11 is 1.90. The minimum absolute atomic E-state index is 0.329. The number of alkyl carbamates (subject to hydrolysis) is 1. The minimum atomic E-state index is -0.441. The van der Waals surface area contributed by atoms with Crippen LogP contribution in [0.25, 0.3) is 0 Å². The van der Waals surface area contributed by atoms with Gasteiger partial charge in [0.25, 0.3) is 0 Å². The second-order valence-corrected chi connectivity index (χ2v) is 8.20. The Balaban J connectivity index is 4.00. The molecule has 5 heteroatoms. The zero-order chi connectivity index (χ0) is 16.5. The number of nitrogens with one attached hydrogen (secondary N) is 2. The highest BCUT2D eigenvalue weighted by molar-refractivity contribution is 7.99. The van der Waals surface area contributed by atoms with Crippen LogP contribution in [0.15, 0.2) is 0 Å². The Morgan fingerprint density at radius 2 is 1.81 bits per heavy atom. The van der Waals surface area contributed by atoms with Gasteiger partial charge in [0.1, 0.15) is 5.60 Å². The van der Waals surface area contributed by atoms with Crippen LogP contribution in [0.1, 0.15) is 48.0 Å². The van der Waals surface area contributed by atoms with Gasteiger partial charge in [-0.1, -0.05) is 20.8 Å². The first-order valence-corrected chi connectivity index (χ1v) is 9.15. The van der Waals surface area contributed by atoms with E-state index in [1.54, 1.807) is 0 Å². The molecule has 0 bridgehead atoms. The third-order valence-corrected chi connectivity index (χ3v) is 4.43. The Hall–Kier alpha value is -0.420. The van der Waals surface area contributed by atoms with Crippen molar-refractivity contribution in [2.24, 2.45) is 11.8 Å². The lowest BCUT2D eigenvalue weighted by Crippen LogP contribution is -2.39. The molecule has 0 radical (unpaired) electrons. The van der Waals surface area contributed by atoms with Crippen molar-refractivity contribution in [3.05, 3.63) is 0 Å². The van der Waals surface area contributed by atoms with Crippen molar-refractivity contribution in [1.82, 2.24) is 10.6 Å². The van der Waals surface area contributed by atoms with Gasteiger partial charge in [0.05, 0.1) is 0 Å². The van der Waals surface area contributed by atoms with E-state index in [0.717, 1.165) is 13.1 Å². The molecule has 21 heavy (non-hydrogen) atoms. The van der Waals surface area contributed by atoms with Crippen LogP contribution in [0.4, 0.5) is 4.79 Å². The fraction of sp³-hybridized carbons (Fsp3) is 0.938. The van der Waals surface area contributed by atoms with Gasteiger partial charge in [-0.25, -0.2) is 4.79 Å². The van der Waals surface area contributed by atoms with Crippen molar-refractivity contribution in [2.75, 3.05) is 25.9 Å². The maximum absolute atomic E-state index is 11.7. The van der Waals surface area contributed by atoms with Gasteiger partial charge in [0, 0.05) is 11.8 Å². The van der Waals surface area contributed by atoms with Crippen LogP contribution in [-0.2, 0) is 4.74 Å². The van der Waals surface area contributed by atoms with E-state index < -0.39 is 5.60 Å². The molecule has 0 saturated carbocycles. The summed E-state index contributed by atoms with van der Waals surface area (Å²) in [6, 6.07) is 0. The summed E-state index contributed by atoms with van der Waals surface area (Å²) in [5.74, 6) is 0.938. The molecule has 0 rings (SSSR count). The van der Waals surface area contributed by atoms with E-state index in [9.17, 15) is 4.79 Å². The molecule has 4 nitrogen and oxygen atoms in total. The summed E-state index contributed by atoms with van der Waals surface area (Å²) in [4.78, 5) is 11.7. The number of carbonyl (C=O) groups excluding carboxylic acids is 1. The van der Waals surface area contributed by atoms with Gasteiger partial charge in [-0.3, -0.25) is 0 Å². The second-order valence-electron chi connectivity index (χ2n) is 6.93. The summed E-state index contributed by atoms with van der Waals surface area (Å²) in [7, 11) is 0. The summed E-state index contributed by atoms with van der Waals surface area (Å²) < 4.78 is 5.27.